The number of hydrogen-bond donors (Lipinski definition) is 4. The van der Waals surface area contributed by atoms with Crippen molar-refractivity contribution in [3.05, 3.63) is 59.7 Å². The number of nitrogens with zero attached hydrogens (tertiary/aromatic N) is 2. The molecule has 8 nitrogen and oxygen atoms in total. The van der Waals surface area contributed by atoms with Gasteiger partial charge in [0.25, 0.3) is 5.91 Å². The minimum Gasteiger partial charge on any atom is -0.369 e. The Morgan fingerprint density at radius 3 is 2.14 bits per heavy atom. The van der Waals surface area contributed by atoms with Gasteiger partial charge in [0, 0.05) is 11.4 Å². The molecule has 144 valence electrons. The zero-order valence-electron chi connectivity index (χ0n) is 15.7. The molecule has 1 atom stereocenters. The summed E-state index contributed by atoms with van der Waals surface area (Å²) in [6.07, 6.45) is -0.0793. The van der Waals surface area contributed by atoms with Crippen LogP contribution in [0.2, 0.25) is 0 Å². The summed E-state index contributed by atoms with van der Waals surface area (Å²) < 4.78 is 0. The Balaban J connectivity index is 1.59. The lowest BCUT2D eigenvalue weighted by Crippen LogP contribution is -2.32. The fraction of sp³-hybridized carbons (Fsp3) is 0.200. The van der Waals surface area contributed by atoms with Crippen LogP contribution in [-0.4, -0.2) is 29.8 Å². The molecule has 0 unspecified atom stereocenters. The number of benzene rings is 2. The number of carbonyl (C=O) groups is 2. The van der Waals surface area contributed by atoms with Crippen molar-refractivity contribution in [2.24, 2.45) is 15.7 Å². The number of guanidine groups is 2. The summed E-state index contributed by atoms with van der Waals surface area (Å²) in [5, 5.41) is 8.20. The molecule has 0 fully saturated rings. The maximum atomic E-state index is 12.2. The van der Waals surface area contributed by atoms with Crippen molar-refractivity contribution in [2.45, 2.75) is 26.3 Å². The third-order valence-electron chi connectivity index (χ3n) is 4.08. The minimum absolute atomic E-state index is 0.0789. The van der Waals surface area contributed by atoms with Gasteiger partial charge in [0.05, 0.1) is 6.42 Å². The maximum absolute atomic E-state index is 12.2. The van der Waals surface area contributed by atoms with Gasteiger partial charge in [0.1, 0.15) is 6.04 Å². The Morgan fingerprint density at radius 1 is 1.04 bits per heavy atom. The molecule has 3 rings (SSSR count). The summed E-state index contributed by atoms with van der Waals surface area (Å²) in [4.78, 5) is 32.4. The number of aryl methyl sites for hydroxylation is 2. The number of rotatable bonds is 4. The van der Waals surface area contributed by atoms with Crippen molar-refractivity contribution >= 4 is 35.1 Å². The van der Waals surface area contributed by atoms with Gasteiger partial charge < -0.3 is 16.4 Å². The monoisotopic (exact) mass is 378 g/mol. The highest BCUT2D eigenvalue weighted by molar-refractivity contribution is 6.11. The highest BCUT2D eigenvalue weighted by Gasteiger charge is 2.28. The number of hydrogen-bond acceptors (Lipinski definition) is 4. The largest absolute Gasteiger partial charge is 0.369 e. The Morgan fingerprint density at radius 2 is 1.57 bits per heavy atom. The van der Waals surface area contributed by atoms with Crippen molar-refractivity contribution in [2.75, 3.05) is 10.6 Å². The first-order valence-corrected chi connectivity index (χ1v) is 8.82. The third-order valence-corrected chi connectivity index (χ3v) is 4.08. The molecule has 0 aromatic heterocycles. The highest BCUT2D eigenvalue weighted by atomic mass is 16.2. The average molecular weight is 378 g/mol. The van der Waals surface area contributed by atoms with Crippen molar-refractivity contribution in [3.63, 3.8) is 0 Å². The summed E-state index contributed by atoms with van der Waals surface area (Å²) in [6.45, 7) is 3.95. The number of nitrogens with one attached hydrogen (secondary N) is 3. The second-order valence-corrected chi connectivity index (χ2v) is 6.56. The Kier molecular flexibility index (Phi) is 5.69. The lowest BCUT2D eigenvalue weighted by atomic mass is 10.2. The van der Waals surface area contributed by atoms with Crippen LogP contribution in [0.4, 0.5) is 11.4 Å². The second-order valence-electron chi connectivity index (χ2n) is 6.56. The Labute approximate surface area is 163 Å². The highest BCUT2D eigenvalue weighted by Crippen LogP contribution is 2.12. The number of carbonyl (C=O) groups excluding carboxylic acids is 2. The van der Waals surface area contributed by atoms with Crippen LogP contribution in [-0.2, 0) is 9.59 Å². The molecule has 0 spiro atoms. The van der Waals surface area contributed by atoms with E-state index in [1.54, 1.807) is 12.1 Å². The average Bonchev–Trinajstić information content (AvgIpc) is 2.97. The first-order valence-electron chi connectivity index (χ1n) is 8.82. The Hall–Kier alpha value is -3.68. The van der Waals surface area contributed by atoms with E-state index in [-0.39, 0.29) is 30.2 Å². The van der Waals surface area contributed by atoms with E-state index in [9.17, 15) is 9.59 Å². The molecule has 1 heterocycles. The van der Waals surface area contributed by atoms with Gasteiger partial charge in [0.2, 0.25) is 17.8 Å². The van der Waals surface area contributed by atoms with Gasteiger partial charge in [-0.1, -0.05) is 35.4 Å². The summed E-state index contributed by atoms with van der Waals surface area (Å²) in [5.74, 6) is -0.521. The smallest absolute Gasteiger partial charge is 0.252 e. The van der Waals surface area contributed by atoms with Crippen LogP contribution >= 0.6 is 0 Å². The molecule has 2 aromatic rings. The van der Waals surface area contributed by atoms with E-state index in [2.05, 4.69) is 25.9 Å². The van der Waals surface area contributed by atoms with Crippen LogP contribution in [0, 0.1) is 13.8 Å². The van der Waals surface area contributed by atoms with Crippen molar-refractivity contribution in [3.8, 4) is 0 Å². The van der Waals surface area contributed by atoms with E-state index in [0.29, 0.717) is 5.69 Å². The zero-order valence-corrected chi connectivity index (χ0v) is 15.7. The lowest BCUT2D eigenvalue weighted by Gasteiger charge is -2.07. The molecule has 1 aliphatic rings. The standard InChI is InChI=1S/C20H22N6O2/c1-12-3-7-14(8-4-12)22-17(27)11-16-18(28)25-20(24-16)26-19(21)23-15-9-5-13(2)6-10-15/h3-10,16H,11H2,1-2H3,(H,22,27)(H4,21,23,24,25,26,28)/t16-/m0/s1. The zero-order chi connectivity index (χ0) is 20.1. The van der Waals surface area contributed by atoms with Crippen molar-refractivity contribution in [1.29, 1.82) is 0 Å². The second kappa shape index (κ2) is 8.34. The number of amides is 2. The summed E-state index contributed by atoms with van der Waals surface area (Å²) in [6, 6.07) is 14.2. The van der Waals surface area contributed by atoms with Gasteiger partial charge in [-0.2, -0.15) is 4.99 Å². The fourth-order valence-electron chi connectivity index (χ4n) is 2.58. The molecule has 1 aliphatic heterocycles. The van der Waals surface area contributed by atoms with E-state index >= 15 is 0 Å². The van der Waals surface area contributed by atoms with Crippen molar-refractivity contribution in [1.82, 2.24) is 5.32 Å². The van der Waals surface area contributed by atoms with Gasteiger partial charge in [-0.15, -0.1) is 0 Å². The molecule has 28 heavy (non-hydrogen) atoms. The molecule has 2 aromatic carbocycles. The molecule has 5 N–H and O–H groups in total. The molecule has 0 aliphatic carbocycles. The normalized spacial score (nSPS) is 16.4. The molecule has 2 amide bonds. The maximum Gasteiger partial charge on any atom is 0.252 e. The SMILES string of the molecule is Cc1ccc(NC(=O)C[C@@H]2N=C(N=C(N)Nc3ccc(C)cc3)NC2=O)cc1. The van der Waals surface area contributed by atoms with Crippen molar-refractivity contribution < 1.29 is 9.59 Å². The van der Waals surface area contributed by atoms with Crippen LogP contribution in [0.5, 0.6) is 0 Å². The van der Waals surface area contributed by atoms with E-state index in [4.69, 9.17) is 5.73 Å². The first kappa shape index (κ1) is 19.1. The minimum atomic E-state index is -0.837. The van der Waals surface area contributed by atoms with E-state index < -0.39 is 6.04 Å². The quantitative estimate of drug-likeness (QED) is 0.480. The summed E-state index contributed by atoms with van der Waals surface area (Å²) in [7, 11) is 0. The molecule has 0 saturated carbocycles. The van der Waals surface area contributed by atoms with Gasteiger partial charge in [-0.25, -0.2) is 4.99 Å². The predicted molar refractivity (Wildman–Crippen MR) is 110 cm³/mol. The molecule has 0 saturated heterocycles. The van der Waals surface area contributed by atoms with Crippen LogP contribution in [0.1, 0.15) is 17.5 Å². The van der Waals surface area contributed by atoms with Gasteiger partial charge in [-0.3, -0.25) is 14.9 Å². The Bertz CT molecular complexity index is 932. The number of nitrogens with two attached hydrogens (primary N) is 1. The van der Waals surface area contributed by atoms with E-state index in [1.807, 2.05) is 50.2 Å². The van der Waals surface area contributed by atoms with Crippen LogP contribution < -0.4 is 21.7 Å². The molecule has 0 bridgehead atoms. The van der Waals surface area contributed by atoms with Crippen LogP contribution in [0.15, 0.2) is 58.5 Å². The lowest BCUT2D eigenvalue weighted by molar-refractivity contribution is -0.123. The van der Waals surface area contributed by atoms with E-state index in [1.165, 1.54) is 0 Å². The molecular formula is C20H22N6O2. The number of anilines is 2. The van der Waals surface area contributed by atoms with Crippen LogP contribution in [0.25, 0.3) is 0 Å². The number of aliphatic imine (C=N–C) groups is 2. The van der Waals surface area contributed by atoms with Gasteiger partial charge >= 0.3 is 0 Å². The molecule has 8 heteroatoms. The van der Waals surface area contributed by atoms with E-state index in [0.717, 1.165) is 16.8 Å². The fourth-order valence-corrected chi connectivity index (χ4v) is 2.58. The predicted octanol–water partition coefficient (Wildman–Crippen LogP) is 1.91. The van der Waals surface area contributed by atoms with Gasteiger partial charge in [0.15, 0.2) is 0 Å². The summed E-state index contributed by atoms with van der Waals surface area (Å²) >= 11 is 0. The summed E-state index contributed by atoms with van der Waals surface area (Å²) in [5.41, 5.74) is 9.52. The third kappa shape index (κ3) is 5.16. The van der Waals surface area contributed by atoms with Gasteiger partial charge in [-0.05, 0) is 38.1 Å². The van der Waals surface area contributed by atoms with Crippen LogP contribution in [0.3, 0.4) is 0 Å². The molecular weight excluding hydrogens is 356 g/mol. The topological polar surface area (TPSA) is 121 Å². The first-order chi connectivity index (χ1) is 13.4. The molecule has 0 radical (unpaired) electrons.